The van der Waals surface area contributed by atoms with Gasteiger partial charge in [-0.05, 0) is 30.7 Å². The first-order valence-corrected chi connectivity index (χ1v) is 8.88. The highest BCUT2D eigenvalue weighted by molar-refractivity contribution is 7.09. The molecule has 1 amide bonds. The van der Waals surface area contributed by atoms with Crippen LogP contribution in [0.5, 0.6) is 0 Å². The number of nitrogens with one attached hydrogen (secondary N) is 1. The van der Waals surface area contributed by atoms with Gasteiger partial charge in [0.2, 0.25) is 5.91 Å². The predicted molar refractivity (Wildman–Crippen MR) is 97.2 cm³/mol. The molecule has 2 heterocycles. The Bertz CT molecular complexity index is 703. The first kappa shape index (κ1) is 16.7. The topological polar surface area (TPSA) is 54.5 Å². The summed E-state index contributed by atoms with van der Waals surface area (Å²) in [6.45, 7) is 5.88. The van der Waals surface area contributed by atoms with Crippen molar-refractivity contribution in [2.75, 3.05) is 31.2 Å². The Kier molecular flexibility index (Phi) is 5.61. The molecule has 1 aromatic carbocycles. The molecule has 1 N–H and O–H groups in total. The van der Waals surface area contributed by atoms with Crippen molar-refractivity contribution >= 4 is 29.0 Å². The number of benzene rings is 1. The molecule has 1 saturated heterocycles. The molecule has 1 aliphatic rings. The maximum Gasteiger partial charge on any atom is 0.244 e. The number of morpholine rings is 1. The monoisotopic (exact) mass is 343 g/mol. The smallest absolute Gasteiger partial charge is 0.244 e. The van der Waals surface area contributed by atoms with Gasteiger partial charge < -0.3 is 15.0 Å². The van der Waals surface area contributed by atoms with Gasteiger partial charge in [0.25, 0.3) is 0 Å². The molecule has 1 fully saturated rings. The Morgan fingerprint density at radius 1 is 1.33 bits per heavy atom. The lowest BCUT2D eigenvalue weighted by molar-refractivity contribution is -0.116. The van der Waals surface area contributed by atoms with Gasteiger partial charge in [0, 0.05) is 36.8 Å². The van der Waals surface area contributed by atoms with E-state index in [1.165, 1.54) is 11.8 Å². The van der Waals surface area contributed by atoms with E-state index in [-0.39, 0.29) is 5.91 Å². The van der Waals surface area contributed by atoms with Crippen LogP contribution >= 0.6 is 11.3 Å². The van der Waals surface area contributed by atoms with E-state index in [9.17, 15) is 4.79 Å². The minimum atomic E-state index is -0.113. The number of ether oxygens (including phenoxy) is 1. The SMILES string of the molecule is Cc1nc(C=CC(=O)NCc2ccc(N3CCOCC3)cc2)cs1. The fourth-order valence-electron chi connectivity index (χ4n) is 2.51. The zero-order valence-electron chi connectivity index (χ0n) is 13.7. The Labute approximate surface area is 146 Å². The van der Waals surface area contributed by atoms with Crippen molar-refractivity contribution in [2.24, 2.45) is 0 Å². The zero-order valence-corrected chi connectivity index (χ0v) is 14.5. The Balaban J connectivity index is 1.49. The molecule has 0 spiro atoms. The number of carbonyl (C=O) groups is 1. The summed E-state index contributed by atoms with van der Waals surface area (Å²) < 4.78 is 5.37. The largest absolute Gasteiger partial charge is 0.378 e. The molecule has 24 heavy (non-hydrogen) atoms. The summed E-state index contributed by atoms with van der Waals surface area (Å²) in [5.41, 5.74) is 3.10. The summed E-state index contributed by atoms with van der Waals surface area (Å²) >= 11 is 1.57. The van der Waals surface area contributed by atoms with Crippen LogP contribution in [0.2, 0.25) is 0 Å². The number of rotatable bonds is 5. The molecule has 0 atom stereocenters. The Morgan fingerprint density at radius 3 is 2.75 bits per heavy atom. The highest BCUT2D eigenvalue weighted by Crippen LogP contribution is 2.16. The molecule has 126 valence electrons. The van der Waals surface area contributed by atoms with Gasteiger partial charge in [0.15, 0.2) is 0 Å². The van der Waals surface area contributed by atoms with Crippen molar-refractivity contribution in [2.45, 2.75) is 13.5 Å². The second kappa shape index (κ2) is 8.08. The minimum Gasteiger partial charge on any atom is -0.378 e. The van der Waals surface area contributed by atoms with Gasteiger partial charge >= 0.3 is 0 Å². The maximum atomic E-state index is 11.9. The Morgan fingerprint density at radius 2 is 2.08 bits per heavy atom. The van der Waals surface area contributed by atoms with Gasteiger partial charge in [0.05, 0.1) is 23.9 Å². The van der Waals surface area contributed by atoms with Gasteiger partial charge in [-0.1, -0.05) is 12.1 Å². The summed E-state index contributed by atoms with van der Waals surface area (Å²) in [5, 5.41) is 5.82. The van der Waals surface area contributed by atoms with E-state index >= 15 is 0 Å². The molecule has 1 aliphatic heterocycles. The van der Waals surface area contributed by atoms with Crippen molar-refractivity contribution < 1.29 is 9.53 Å². The summed E-state index contributed by atoms with van der Waals surface area (Å²) in [4.78, 5) is 18.5. The van der Waals surface area contributed by atoms with E-state index in [2.05, 4.69) is 39.5 Å². The third-order valence-electron chi connectivity index (χ3n) is 3.82. The summed E-state index contributed by atoms with van der Waals surface area (Å²) in [6, 6.07) is 8.30. The van der Waals surface area contributed by atoms with Crippen LogP contribution in [0.1, 0.15) is 16.3 Å². The Hall–Kier alpha value is -2.18. The molecule has 5 nitrogen and oxygen atoms in total. The van der Waals surface area contributed by atoms with Gasteiger partial charge in [0.1, 0.15) is 0 Å². The van der Waals surface area contributed by atoms with Crippen LogP contribution in [0, 0.1) is 6.92 Å². The molecule has 1 aromatic heterocycles. The maximum absolute atomic E-state index is 11.9. The van der Waals surface area contributed by atoms with Gasteiger partial charge in [-0.3, -0.25) is 4.79 Å². The molecular formula is C18H21N3O2S. The van der Waals surface area contributed by atoms with Gasteiger partial charge in [-0.15, -0.1) is 11.3 Å². The number of anilines is 1. The second-order valence-electron chi connectivity index (χ2n) is 5.61. The lowest BCUT2D eigenvalue weighted by Gasteiger charge is -2.28. The summed E-state index contributed by atoms with van der Waals surface area (Å²) in [7, 11) is 0. The predicted octanol–water partition coefficient (Wildman–Crippen LogP) is 2.62. The number of nitrogens with zero attached hydrogens (tertiary/aromatic N) is 2. The molecule has 0 saturated carbocycles. The van der Waals surface area contributed by atoms with Gasteiger partial charge in [-0.2, -0.15) is 0 Å². The first-order valence-electron chi connectivity index (χ1n) is 8.00. The fourth-order valence-corrected chi connectivity index (χ4v) is 3.09. The number of aryl methyl sites for hydroxylation is 1. The van der Waals surface area contributed by atoms with E-state index in [4.69, 9.17) is 4.74 Å². The lowest BCUT2D eigenvalue weighted by Crippen LogP contribution is -2.36. The molecule has 0 aliphatic carbocycles. The number of amides is 1. The number of aromatic nitrogens is 1. The quantitative estimate of drug-likeness (QED) is 0.848. The highest BCUT2D eigenvalue weighted by Gasteiger charge is 2.10. The second-order valence-corrected chi connectivity index (χ2v) is 6.67. The van der Waals surface area contributed by atoms with Crippen LogP contribution in [0.15, 0.2) is 35.7 Å². The molecule has 3 rings (SSSR count). The fraction of sp³-hybridized carbons (Fsp3) is 0.333. The molecule has 2 aromatic rings. The molecule has 0 unspecified atom stereocenters. The van der Waals surface area contributed by atoms with E-state index in [1.807, 2.05) is 12.3 Å². The van der Waals surface area contributed by atoms with Crippen LogP contribution in [0.4, 0.5) is 5.69 Å². The molecule has 6 heteroatoms. The average Bonchev–Trinajstić information content (AvgIpc) is 3.05. The first-order chi connectivity index (χ1) is 11.7. The van der Waals surface area contributed by atoms with E-state index in [1.54, 1.807) is 17.4 Å². The van der Waals surface area contributed by atoms with Crippen LogP contribution in [0.3, 0.4) is 0 Å². The van der Waals surface area contributed by atoms with Crippen LogP contribution < -0.4 is 10.2 Å². The third-order valence-corrected chi connectivity index (χ3v) is 4.61. The third kappa shape index (κ3) is 4.66. The molecular weight excluding hydrogens is 322 g/mol. The van der Waals surface area contributed by atoms with Crippen LogP contribution in [-0.4, -0.2) is 37.2 Å². The van der Waals surface area contributed by atoms with Crippen molar-refractivity contribution in [3.63, 3.8) is 0 Å². The van der Waals surface area contributed by atoms with Gasteiger partial charge in [-0.25, -0.2) is 4.98 Å². The van der Waals surface area contributed by atoms with E-state index in [0.29, 0.717) is 6.54 Å². The van der Waals surface area contributed by atoms with Crippen molar-refractivity contribution in [1.82, 2.24) is 10.3 Å². The normalized spacial score (nSPS) is 15.0. The van der Waals surface area contributed by atoms with Crippen LogP contribution in [0.25, 0.3) is 6.08 Å². The number of hydrogen-bond donors (Lipinski definition) is 1. The number of thiazole rings is 1. The van der Waals surface area contributed by atoms with Crippen LogP contribution in [-0.2, 0) is 16.1 Å². The molecule has 0 bridgehead atoms. The summed E-state index contributed by atoms with van der Waals surface area (Å²) in [5.74, 6) is -0.113. The molecule has 0 radical (unpaired) electrons. The summed E-state index contributed by atoms with van der Waals surface area (Å²) in [6.07, 6.45) is 3.26. The zero-order chi connectivity index (χ0) is 16.8. The van der Waals surface area contributed by atoms with Crippen molar-refractivity contribution in [1.29, 1.82) is 0 Å². The number of hydrogen-bond acceptors (Lipinski definition) is 5. The lowest BCUT2D eigenvalue weighted by atomic mass is 10.2. The van der Waals surface area contributed by atoms with Crippen molar-refractivity contribution in [3.05, 3.63) is 52.0 Å². The minimum absolute atomic E-state index is 0.113. The standard InChI is InChI=1S/C18H21N3O2S/c1-14-20-16(13-24-14)4-7-18(22)19-12-15-2-5-17(6-3-15)21-8-10-23-11-9-21/h2-7,13H,8-12H2,1H3,(H,19,22). The van der Waals surface area contributed by atoms with E-state index < -0.39 is 0 Å². The van der Waals surface area contributed by atoms with E-state index in [0.717, 1.165) is 42.6 Å². The number of carbonyl (C=O) groups excluding carboxylic acids is 1. The highest BCUT2D eigenvalue weighted by atomic mass is 32.1. The van der Waals surface area contributed by atoms with Crippen molar-refractivity contribution in [3.8, 4) is 0 Å². The average molecular weight is 343 g/mol.